The van der Waals surface area contributed by atoms with Crippen LogP contribution in [0.4, 0.5) is 0 Å². The average molecular weight is 254 g/mol. The zero-order valence-electron chi connectivity index (χ0n) is 10.2. The molecule has 2 nitrogen and oxygen atoms in total. The second-order valence-corrected chi connectivity index (χ2v) is 5.34. The highest BCUT2D eigenvalue weighted by molar-refractivity contribution is 6.30. The molecule has 2 rings (SSSR count). The summed E-state index contributed by atoms with van der Waals surface area (Å²) in [5.74, 6) is 0. The smallest absolute Gasteiger partial charge is 0.0693 e. The number of aliphatic hydroxyl groups is 1. The van der Waals surface area contributed by atoms with Crippen molar-refractivity contribution in [3.63, 3.8) is 0 Å². The molecule has 0 amide bonds. The lowest BCUT2D eigenvalue weighted by atomic mass is 9.91. The van der Waals surface area contributed by atoms with E-state index in [2.05, 4.69) is 18.3 Å². The summed E-state index contributed by atoms with van der Waals surface area (Å²) in [6.45, 7) is 2.12. The Kier molecular flexibility index (Phi) is 4.43. The van der Waals surface area contributed by atoms with E-state index < -0.39 is 0 Å². The van der Waals surface area contributed by atoms with Gasteiger partial charge in [-0.25, -0.2) is 0 Å². The molecular formula is C14H20ClNO. The lowest BCUT2D eigenvalue weighted by Gasteiger charge is -2.31. The van der Waals surface area contributed by atoms with Crippen LogP contribution in [0.25, 0.3) is 0 Å². The van der Waals surface area contributed by atoms with E-state index in [1.165, 1.54) is 12.0 Å². The first-order valence-electron chi connectivity index (χ1n) is 6.36. The standard InChI is InChI=1S/C14H20ClNO/c1-10(11-5-4-6-12(15)9-11)16-13-7-2-3-8-14(13)17/h4-6,9-10,13-14,16-17H,2-3,7-8H2,1H3/t10?,13-,14-/m1/s1. The highest BCUT2D eigenvalue weighted by atomic mass is 35.5. The molecule has 1 fully saturated rings. The summed E-state index contributed by atoms with van der Waals surface area (Å²) in [6, 6.07) is 8.34. The van der Waals surface area contributed by atoms with Gasteiger partial charge in [-0.3, -0.25) is 0 Å². The van der Waals surface area contributed by atoms with Crippen LogP contribution in [0.2, 0.25) is 5.02 Å². The summed E-state index contributed by atoms with van der Waals surface area (Å²) in [5, 5.41) is 14.2. The molecule has 1 aromatic rings. The lowest BCUT2D eigenvalue weighted by Crippen LogP contribution is -2.43. The van der Waals surface area contributed by atoms with Gasteiger partial charge in [-0.1, -0.05) is 36.6 Å². The second kappa shape index (κ2) is 5.85. The van der Waals surface area contributed by atoms with E-state index in [9.17, 15) is 5.11 Å². The number of hydrogen-bond donors (Lipinski definition) is 2. The van der Waals surface area contributed by atoms with Crippen molar-refractivity contribution in [3.05, 3.63) is 34.9 Å². The third-order valence-corrected chi connectivity index (χ3v) is 3.78. The maximum absolute atomic E-state index is 9.93. The quantitative estimate of drug-likeness (QED) is 0.867. The van der Waals surface area contributed by atoms with E-state index in [0.717, 1.165) is 24.3 Å². The number of aliphatic hydroxyl groups excluding tert-OH is 1. The van der Waals surface area contributed by atoms with Crippen molar-refractivity contribution in [1.82, 2.24) is 5.32 Å². The topological polar surface area (TPSA) is 32.3 Å². The molecule has 3 heteroatoms. The van der Waals surface area contributed by atoms with Crippen molar-refractivity contribution in [1.29, 1.82) is 0 Å². The molecule has 0 spiro atoms. The van der Waals surface area contributed by atoms with Crippen LogP contribution in [0.1, 0.15) is 44.2 Å². The van der Waals surface area contributed by atoms with Crippen molar-refractivity contribution < 1.29 is 5.11 Å². The summed E-state index contributed by atoms with van der Waals surface area (Å²) in [5.41, 5.74) is 1.18. The lowest BCUT2D eigenvalue weighted by molar-refractivity contribution is 0.0860. The molecule has 1 aliphatic rings. The molecule has 2 N–H and O–H groups in total. The van der Waals surface area contributed by atoms with Crippen molar-refractivity contribution in [2.45, 2.75) is 50.8 Å². The molecule has 1 saturated carbocycles. The fraction of sp³-hybridized carbons (Fsp3) is 0.571. The molecule has 1 unspecified atom stereocenters. The van der Waals surface area contributed by atoms with Crippen LogP contribution in [0.5, 0.6) is 0 Å². The van der Waals surface area contributed by atoms with Crippen molar-refractivity contribution in [3.8, 4) is 0 Å². The van der Waals surface area contributed by atoms with E-state index in [0.29, 0.717) is 0 Å². The van der Waals surface area contributed by atoms with Gasteiger partial charge < -0.3 is 10.4 Å². The predicted molar refractivity (Wildman–Crippen MR) is 71.3 cm³/mol. The molecule has 0 radical (unpaired) electrons. The Morgan fingerprint density at radius 1 is 1.35 bits per heavy atom. The largest absolute Gasteiger partial charge is 0.392 e. The number of hydrogen-bond acceptors (Lipinski definition) is 2. The minimum atomic E-state index is -0.203. The fourth-order valence-electron chi connectivity index (χ4n) is 2.50. The summed E-state index contributed by atoms with van der Waals surface area (Å²) >= 11 is 5.98. The Labute approximate surface area is 108 Å². The highest BCUT2D eigenvalue weighted by Crippen LogP contribution is 2.23. The predicted octanol–water partition coefficient (Wildman–Crippen LogP) is 3.29. The molecule has 0 bridgehead atoms. The Balaban J connectivity index is 1.98. The average Bonchev–Trinajstić information content (AvgIpc) is 2.32. The first-order valence-corrected chi connectivity index (χ1v) is 6.74. The van der Waals surface area contributed by atoms with E-state index in [4.69, 9.17) is 11.6 Å². The third-order valence-electron chi connectivity index (χ3n) is 3.54. The van der Waals surface area contributed by atoms with Gasteiger partial charge in [0.1, 0.15) is 0 Å². The van der Waals surface area contributed by atoms with Crippen LogP contribution in [0.15, 0.2) is 24.3 Å². The Bertz CT molecular complexity index is 369. The number of halogens is 1. The van der Waals surface area contributed by atoms with Gasteiger partial charge in [0.15, 0.2) is 0 Å². The van der Waals surface area contributed by atoms with Gasteiger partial charge in [0.2, 0.25) is 0 Å². The molecular weight excluding hydrogens is 234 g/mol. The minimum Gasteiger partial charge on any atom is -0.392 e. The number of rotatable bonds is 3. The van der Waals surface area contributed by atoms with Crippen molar-refractivity contribution >= 4 is 11.6 Å². The summed E-state index contributed by atoms with van der Waals surface area (Å²) in [7, 11) is 0. The maximum Gasteiger partial charge on any atom is 0.0693 e. The first-order chi connectivity index (χ1) is 8.16. The molecule has 0 saturated heterocycles. The molecule has 1 aliphatic carbocycles. The molecule has 0 heterocycles. The molecule has 0 aliphatic heterocycles. The van der Waals surface area contributed by atoms with Crippen LogP contribution < -0.4 is 5.32 Å². The summed E-state index contributed by atoms with van der Waals surface area (Å²) in [4.78, 5) is 0. The number of nitrogens with one attached hydrogen (secondary N) is 1. The first kappa shape index (κ1) is 12.9. The van der Waals surface area contributed by atoms with Gasteiger partial charge in [-0.2, -0.15) is 0 Å². The molecule has 0 aromatic heterocycles. The van der Waals surface area contributed by atoms with Gasteiger partial charge in [0.05, 0.1) is 6.10 Å². The van der Waals surface area contributed by atoms with E-state index in [-0.39, 0.29) is 18.2 Å². The minimum absolute atomic E-state index is 0.203. The number of benzene rings is 1. The van der Waals surface area contributed by atoms with Crippen LogP contribution in [-0.2, 0) is 0 Å². The Hall–Kier alpha value is -0.570. The van der Waals surface area contributed by atoms with Gasteiger partial charge in [-0.15, -0.1) is 0 Å². The Morgan fingerprint density at radius 2 is 2.12 bits per heavy atom. The van der Waals surface area contributed by atoms with Crippen LogP contribution in [0.3, 0.4) is 0 Å². The molecule has 94 valence electrons. The van der Waals surface area contributed by atoms with Gasteiger partial charge in [-0.05, 0) is 37.5 Å². The monoisotopic (exact) mass is 253 g/mol. The van der Waals surface area contributed by atoms with Gasteiger partial charge in [0, 0.05) is 17.1 Å². The third kappa shape index (κ3) is 3.44. The van der Waals surface area contributed by atoms with Gasteiger partial charge in [0.25, 0.3) is 0 Å². The van der Waals surface area contributed by atoms with Crippen molar-refractivity contribution in [2.24, 2.45) is 0 Å². The second-order valence-electron chi connectivity index (χ2n) is 4.90. The van der Waals surface area contributed by atoms with E-state index in [1.807, 2.05) is 18.2 Å². The SMILES string of the molecule is CC(N[C@@H]1CCCC[C@H]1O)c1cccc(Cl)c1. The zero-order chi connectivity index (χ0) is 12.3. The summed E-state index contributed by atoms with van der Waals surface area (Å²) in [6.07, 6.45) is 4.12. The van der Waals surface area contributed by atoms with Crippen LogP contribution in [-0.4, -0.2) is 17.3 Å². The molecule has 3 atom stereocenters. The highest BCUT2D eigenvalue weighted by Gasteiger charge is 2.24. The van der Waals surface area contributed by atoms with Crippen molar-refractivity contribution in [2.75, 3.05) is 0 Å². The normalized spacial score (nSPS) is 26.8. The molecule has 17 heavy (non-hydrogen) atoms. The fourth-order valence-corrected chi connectivity index (χ4v) is 2.70. The van der Waals surface area contributed by atoms with E-state index in [1.54, 1.807) is 0 Å². The van der Waals surface area contributed by atoms with Crippen LogP contribution in [0, 0.1) is 0 Å². The maximum atomic E-state index is 9.93. The Morgan fingerprint density at radius 3 is 2.82 bits per heavy atom. The molecule has 1 aromatic carbocycles. The summed E-state index contributed by atoms with van der Waals surface area (Å²) < 4.78 is 0. The van der Waals surface area contributed by atoms with Gasteiger partial charge >= 0.3 is 0 Å². The van der Waals surface area contributed by atoms with E-state index >= 15 is 0 Å². The van der Waals surface area contributed by atoms with Crippen LogP contribution >= 0.6 is 11.6 Å². The zero-order valence-corrected chi connectivity index (χ0v) is 11.0.